The van der Waals surface area contributed by atoms with E-state index in [4.69, 9.17) is 5.73 Å². The molecule has 2 atom stereocenters. The second-order valence-corrected chi connectivity index (χ2v) is 5.45. The zero-order valence-electron chi connectivity index (χ0n) is 10.4. The van der Waals surface area contributed by atoms with Gasteiger partial charge < -0.3 is 0 Å². The van der Waals surface area contributed by atoms with Gasteiger partial charge in [0.1, 0.15) is 0 Å². The van der Waals surface area contributed by atoms with Gasteiger partial charge in [-0.25, -0.2) is 0 Å². The van der Waals surface area contributed by atoms with Crippen molar-refractivity contribution in [2.75, 3.05) is 5.32 Å². The Morgan fingerprint density at radius 3 is 3.00 bits per heavy atom. The van der Waals surface area contributed by atoms with Gasteiger partial charge in [0.05, 0.1) is 0 Å². The van der Waals surface area contributed by atoms with Crippen molar-refractivity contribution in [3.8, 4) is 0 Å². The molecule has 1 unspecified atom stereocenters. The predicted molar refractivity (Wildman–Crippen MR) is 72.4 cm³/mol. The van der Waals surface area contributed by atoms with Crippen LogP contribution in [0.2, 0.25) is 0 Å². The number of anilines is 1. The first kappa shape index (κ1) is 13.2. The molecule has 0 bridgehead atoms. The third-order valence-electron chi connectivity index (χ3n) is 3.10. The molecular formula is C12H16N4OSe. The average Bonchev–Trinajstić information content (AvgIpc) is 2.86. The molecule has 0 saturated carbocycles. The van der Waals surface area contributed by atoms with Crippen LogP contribution in [-0.4, -0.2) is 26.5 Å². The van der Waals surface area contributed by atoms with Gasteiger partial charge in [0.15, 0.2) is 0 Å². The van der Waals surface area contributed by atoms with Gasteiger partial charge in [0.2, 0.25) is 0 Å². The number of nitrogens with two attached hydrogens (primary N) is 1. The first-order valence-electron chi connectivity index (χ1n) is 5.91. The summed E-state index contributed by atoms with van der Waals surface area (Å²) in [7, 11) is 0. The predicted octanol–water partition coefficient (Wildman–Crippen LogP) is 2.35. The van der Waals surface area contributed by atoms with Gasteiger partial charge >= 0.3 is 112 Å². The average molecular weight is 311 g/mol. The summed E-state index contributed by atoms with van der Waals surface area (Å²) in [5, 5.41) is 2.85. The molecule has 0 aromatic heterocycles. The van der Waals surface area contributed by atoms with Crippen molar-refractivity contribution in [2.45, 2.75) is 26.3 Å². The molecule has 1 aliphatic heterocycles. The molecule has 0 saturated heterocycles. The molecule has 96 valence electrons. The van der Waals surface area contributed by atoms with Gasteiger partial charge in [0, 0.05) is 0 Å². The van der Waals surface area contributed by atoms with Crippen molar-refractivity contribution in [1.29, 1.82) is 0 Å². The SMILES string of the molecule is CCC(C)[C@H](N)C(=O)Nc1cccc2c1N=[Se]=N2. The van der Waals surface area contributed by atoms with Crippen LogP contribution in [0.15, 0.2) is 26.1 Å². The minimum atomic E-state index is -0.491. The van der Waals surface area contributed by atoms with Crippen LogP contribution >= 0.6 is 0 Å². The van der Waals surface area contributed by atoms with Crippen LogP contribution in [0.1, 0.15) is 20.3 Å². The van der Waals surface area contributed by atoms with E-state index >= 15 is 0 Å². The van der Waals surface area contributed by atoms with E-state index in [0.717, 1.165) is 17.8 Å². The summed E-state index contributed by atoms with van der Waals surface area (Å²) in [6.07, 6.45) is 0.879. The van der Waals surface area contributed by atoms with E-state index < -0.39 is 6.04 Å². The Balaban J connectivity index is 2.14. The van der Waals surface area contributed by atoms with Crippen LogP contribution in [0, 0.1) is 5.92 Å². The Morgan fingerprint density at radius 2 is 2.28 bits per heavy atom. The molecule has 18 heavy (non-hydrogen) atoms. The van der Waals surface area contributed by atoms with E-state index in [1.807, 2.05) is 32.0 Å². The number of carbonyl (C=O) groups excluding carboxylic acids is 1. The van der Waals surface area contributed by atoms with Crippen LogP contribution in [0.4, 0.5) is 17.1 Å². The molecule has 2 rings (SSSR count). The maximum absolute atomic E-state index is 12.0. The molecule has 1 amide bonds. The van der Waals surface area contributed by atoms with Crippen molar-refractivity contribution < 1.29 is 4.79 Å². The van der Waals surface area contributed by atoms with Crippen LogP contribution in [0.3, 0.4) is 0 Å². The Morgan fingerprint density at radius 1 is 1.50 bits per heavy atom. The van der Waals surface area contributed by atoms with E-state index in [2.05, 4.69) is 13.2 Å². The Bertz CT molecular complexity index is 537. The van der Waals surface area contributed by atoms with Crippen molar-refractivity contribution >= 4 is 37.5 Å². The van der Waals surface area contributed by atoms with Crippen LogP contribution in [0.25, 0.3) is 0 Å². The van der Waals surface area contributed by atoms with Gasteiger partial charge in [-0.3, -0.25) is 0 Å². The summed E-state index contributed by atoms with van der Waals surface area (Å²) in [5.74, 6) is -0.0000410. The maximum atomic E-state index is 12.0. The molecular weight excluding hydrogens is 295 g/mol. The van der Waals surface area contributed by atoms with Gasteiger partial charge in [-0.15, -0.1) is 0 Å². The number of rotatable bonds is 4. The van der Waals surface area contributed by atoms with E-state index in [-0.39, 0.29) is 26.4 Å². The normalized spacial score (nSPS) is 15.7. The fourth-order valence-corrected chi connectivity index (χ4v) is 2.79. The summed E-state index contributed by atoms with van der Waals surface area (Å²) in [4.78, 5) is 12.0. The number of hydrogen-bond acceptors (Lipinski definition) is 4. The Hall–Kier alpha value is -1.23. The summed E-state index contributed by atoms with van der Waals surface area (Å²) < 4.78 is 8.59. The van der Waals surface area contributed by atoms with E-state index in [1.54, 1.807) is 0 Å². The number of nitrogens with zero attached hydrogens (tertiary/aromatic N) is 2. The number of fused-ring (bicyclic) bond motifs is 1. The second-order valence-electron chi connectivity index (χ2n) is 4.34. The van der Waals surface area contributed by atoms with Gasteiger partial charge in [-0.05, 0) is 0 Å². The summed E-state index contributed by atoms with van der Waals surface area (Å²) >= 11 is -0.0952. The summed E-state index contributed by atoms with van der Waals surface area (Å²) in [6.45, 7) is 4.00. The number of carbonyl (C=O) groups is 1. The first-order chi connectivity index (χ1) is 8.63. The molecule has 3 N–H and O–H groups in total. The number of benzene rings is 1. The standard InChI is InChI=1S/C12H16N4OSe/c1-3-7(2)10(13)12(17)14-8-5-4-6-9-11(8)16-18-15-9/h4-7,10H,3,13H2,1-2H3,(H,14,17)/t7?,10-/m0/s1. The minimum absolute atomic E-state index is 0.0952. The quantitative estimate of drug-likeness (QED) is 0.850. The van der Waals surface area contributed by atoms with Crippen molar-refractivity contribution in [2.24, 2.45) is 19.6 Å². The topological polar surface area (TPSA) is 79.8 Å². The van der Waals surface area contributed by atoms with Crippen molar-refractivity contribution in [3.63, 3.8) is 0 Å². The third kappa shape index (κ3) is 2.61. The zero-order chi connectivity index (χ0) is 13.1. The van der Waals surface area contributed by atoms with Crippen LogP contribution in [0.5, 0.6) is 0 Å². The third-order valence-corrected chi connectivity index (χ3v) is 4.24. The molecule has 6 heteroatoms. The fraction of sp³-hybridized carbons (Fsp3) is 0.417. The van der Waals surface area contributed by atoms with Crippen molar-refractivity contribution in [1.82, 2.24) is 0 Å². The number of amides is 1. The van der Waals surface area contributed by atoms with Gasteiger partial charge in [0.25, 0.3) is 0 Å². The van der Waals surface area contributed by atoms with Crippen LogP contribution in [-0.2, 0) is 4.79 Å². The zero-order valence-corrected chi connectivity index (χ0v) is 12.1. The monoisotopic (exact) mass is 312 g/mol. The molecule has 1 aromatic rings. The molecule has 1 heterocycles. The number of nitrogens with one attached hydrogen (secondary N) is 1. The molecule has 0 spiro atoms. The van der Waals surface area contributed by atoms with Crippen LogP contribution < -0.4 is 11.1 Å². The summed E-state index contributed by atoms with van der Waals surface area (Å²) in [6, 6.07) is 5.11. The Labute approximate surface area is 112 Å². The van der Waals surface area contributed by atoms with E-state index in [1.165, 1.54) is 0 Å². The van der Waals surface area contributed by atoms with Crippen molar-refractivity contribution in [3.05, 3.63) is 18.2 Å². The van der Waals surface area contributed by atoms with Gasteiger partial charge in [-0.2, -0.15) is 0 Å². The number of hydrogen-bond donors (Lipinski definition) is 2. The van der Waals surface area contributed by atoms with E-state index in [0.29, 0.717) is 5.69 Å². The Kier molecular flexibility index (Phi) is 4.11. The molecule has 0 fully saturated rings. The van der Waals surface area contributed by atoms with Gasteiger partial charge in [-0.1, -0.05) is 0 Å². The second kappa shape index (κ2) is 5.61. The van der Waals surface area contributed by atoms with E-state index in [9.17, 15) is 4.79 Å². The molecule has 0 radical (unpaired) electrons. The first-order valence-corrected chi connectivity index (χ1v) is 7.44. The molecule has 0 aliphatic carbocycles. The molecule has 1 aliphatic rings. The summed E-state index contributed by atoms with van der Waals surface area (Å²) in [5.41, 5.74) is 8.24. The fourth-order valence-electron chi connectivity index (χ4n) is 1.64. The molecule has 5 nitrogen and oxygen atoms in total. The molecule has 1 aromatic carbocycles.